The van der Waals surface area contributed by atoms with E-state index < -0.39 is 17.8 Å². The Morgan fingerprint density at radius 2 is 1.29 bits per heavy atom. The minimum absolute atomic E-state index is 0.103. The van der Waals surface area contributed by atoms with Gasteiger partial charge in [0.15, 0.2) is 0 Å². The number of hydrogen-bond acceptors (Lipinski definition) is 5. The fourth-order valence-corrected chi connectivity index (χ4v) is 4.73. The van der Waals surface area contributed by atoms with Crippen LogP contribution in [0.1, 0.15) is 111 Å². The molecule has 2 aliphatic rings. The van der Waals surface area contributed by atoms with Crippen LogP contribution in [-0.4, -0.2) is 37.7 Å². The van der Waals surface area contributed by atoms with Gasteiger partial charge in [-0.2, -0.15) is 0 Å². The smallest absolute Gasteiger partial charge is 0.258 e. The van der Waals surface area contributed by atoms with Crippen molar-refractivity contribution in [2.45, 2.75) is 94.8 Å². The maximum Gasteiger partial charge on any atom is 0.258 e. The molecule has 1 amide bonds. The maximum absolute atomic E-state index is 13.8. The van der Waals surface area contributed by atoms with Crippen molar-refractivity contribution in [3.05, 3.63) is 41.5 Å². The first kappa shape index (κ1) is 24.5. The average Bonchev–Trinajstić information content (AvgIpc) is 2.79. The number of nitrogens with one attached hydrogen (secondary N) is 1. The maximum atomic E-state index is 13.8. The molecule has 6 nitrogen and oxygen atoms in total. The molecule has 4 rings (SSSR count). The lowest BCUT2D eigenvalue weighted by Gasteiger charge is -2.32. The van der Waals surface area contributed by atoms with E-state index in [0.717, 1.165) is 0 Å². The standard InChI is InChI=1S/C24H29F4N5O/c1-14(2)21-29-11-17(12-30-21)22(34)33-20-18(15-3-7-23(25,26)8-4-15)31-13-32-19(20)16-5-9-24(27,28)10-6-16/h11-16H,3-10H2,1-2H3,(H,33,34). The highest BCUT2D eigenvalue weighted by molar-refractivity contribution is 6.04. The summed E-state index contributed by atoms with van der Waals surface area (Å²) in [5.74, 6) is -5.74. The van der Waals surface area contributed by atoms with Gasteiger partial charge in [0, 0.05) is 55.8 Å². The van der Waals surface area contributed by atoms with Gasteiger partial charge in [-0.1, -0.05) is 13.8 Å². The van der Waals surface area contributed by atoms with Gasteiger partial charge in [-0.3, -0.25) is 4.79 Å². The second-order valence-corrected chi connectivity index (χ2v) is 9.72. The molecule has 10 heteroatoms. The molecule has 1 N–H and O–H groups in total. The van der Waals surface area contributed by atoms with Crippen LogP contribution in [0.15, 0.2) is 18.7 Å². The number of amides is 1. The highest BCUT2D eigenvalue weighted by atomic mass is 19.3. The number of hydrogen-bond donors (Lipinski definition) is 1. The molecule has 2 aromatic rings. The normalized spacial score (nSPS) is 20.9. The van der Waals surface area contributed by atoms with Gasteiger partial charge in [-0.25, -0.2) is 37.5 Å². The van der Waals surface area contributed by atoms with Gasteiger partial charge in [-0.05, 0) is 25.7 Å². The van der Waals surface area contributed by atoms with E-state index in [-0.39, 0.29) is 74.7 Å². The Morgan fingerprint density at radius 3 is 1.71 bits per heavy atom. The van der Waals surface area contributed by atoms with Gasteiger partial charge in [0.05, 0.1) is 22.6 Å². The predicted octanol–water partition coefficient (Wildman–Crippen LogP) is 6.23. The fourth-order valence-electron chi connectivity index (χ4n) is 4.73. The Kier molecular flexibility index (Phi) is 6.87. The van der Waals surface area contributed by atoms with E-state index in [0.29, 0.717) is 22.9 Å². The van der Waals surface area contributed by atoms with E-state index in [2.05, 4.69) is 25.3 Å². The number of alkyl halides is 4. The van der Waals surface area contributed by atoms with Gasteiger partial charge >= 0.3 is 0 Å². The largest absolute Gasteiger partial charge is 0.319 e. The Morgan fingerprint density at radius 1 is 0.853 bits per heavy atom. The summed E-state index contributed by atoms with van der Waals surface area (Å²) in [6.07, 6.45) is 4.07. The van der Waals surface area contributed by atoms with Gasteiger partial charge in [0.25, 0.3) is 5.91 Å². The number of carbonyl (C=O) groups excluding carboxylic acids is 1. The molecule has 0 atom stereocenters. The lowest BCUT2D eigenvalue weighted by molar-refractivity contribution is -0.0385. The van der Waals surface area contributed by atoms with Crippen molar-refractivity contribution in [1.82, 2.24) is 19.9 Å². The van der Waals surface area contributed by atoms with Gasteiger partial charge in [0.2, 0.25) is 11.8 Å². The number of anilines is 1. The van der Waals surface area contributed by atoms with Gasteiger partial charge < -0.3 is 5.32 Å². The third kappa shape index (κ3) is 5.52. The second-order valence-electron chi connectivity index (χ2n) is 9.72. The average molecular weight is 480 g/mol. The number of rotatable bonds is 5. The molecule has 184 valence electrons. The molecule has 0 unspecified atom stereocenters. The minimum atomic E-state index is -2.71. The van der Waals surface area contributed by atoms with Crippen LogP contribution in [0.5, 0.6) is 0 Å². The molecule has 0 spiro atoms. The van der Waals surface area contributed by atoms with Crippen molar-refractivity contribution in [3.63, 3.8) is 0 Å². The van der Waals surface area contributed by atoms with E-state index in [1.54, 1.807) is 0 Å². The van der Waals surface area contributed by atoms with Crippen molar-refractivity contribution >= 4 is 11.6 Å². The molecule has 0 saturated heterocycles. The fraction of sp³-hybridized carbons (Fsp3) is 0.625. The van der Waals surface area contributed by atoms with Crippen LogP contribution in [0.2, 0.25) is 0 Å². The van der Waals surface area contributed by atoms with E-state index >= 15 is 0 Å². The summed E-state index contributed by atoms with van der Waals surface area (Å²) in [7, 11) is 0. The summed E-state index contributed by atoms with van der Waals surface area (Å²) in [6, 6.07) is 0. The zero-order chi connectivity index (χ0) is 24.5. The molecular formula is C24H29F4N5O. The Labute approximate surface area is 196 Å². The van der Waals surface area contributed by atoms with Crippen molar-refractivity contribution in [2.24, 2.45) is 0 Å². The summed E-state index contributed by atoms with van der Waals surface area (Å²) < 4.78 is 55.1. The zero-order valence-electron chi connectivity index (χ0n) is 19.3. The van der Waals surface area contributed by atoms with E-state index in [4.69, 9.17) is 0 Å². The summed E-state index contributed by atoms with van der Waals surface area (Å²) >= 11 is 0. The summed E-state index contributed by atoms with van der Waals surface area (Å²) in [4.78, 5) is 30.3. The van der Waals surface area contributed by atoms with E-state index in [1.165, 1.54) is 18.7 Å². The Balaban J connectivity index is 1.65. The number of aromatic nitrogens is 4. The van der Waals surface area contributed by atoms with Gasteiger partial charge in [-0.15, -0.1) is 0 Å². The van der Waals surface area contributed by atoms with Crippen LogP contribution < -0.4 is 5.32 Å². The molecule has 0 aromatic carbocycles. The second kappa shape index (κ2) is 9.54. The first-order valence-corrected chi connectivity index (χ1v) is 11.8. The van der Waals surface area contributed by atoms with E-state index in [1.807, 2.05) is 13.8 Å². The first-order valence-electron chi connectivity index (χ1n) is 11.8. The Bertz CT molecular complexity index is 962. The van der Waals surface area contributed by atoms with Crippen LogP contribution in [0.25, 0.3) is 0 Å². The Hall–Kier alpha value is -2.65. The highest BCUT2D eigenvalue weighted by Crippen LogP contribution is 2.46. The summed E-state index contributed by atoms with van der Waals surface area (Å²) in [5.41, 5.74) is 1.57. The predicted molar refractivity (Wildman–Crippen MR) is 118 cm³/mol. The third-order valence-corrected chi connectivity index (χ3v) is 6.80. The molecule has 34 heavy (non-hydrogen) atoms. The SMILES string of the molecule is CC(C)c1ncc(C(=O)Nc2c(C3CCC(F)(F)CC3)ncnc2C2CCC(F)(F)CC2)cn1. The molecule has 0 aliphatic heterocycles. The minimum Gasteiger partial charge on any atom is -0.319 e. The summed E-state index contributed by atoms with van der Waals surface area (Å²) in [6.45, 7) is 3.88. The topological polar surface area (TPSA) is 80.7 Å². The number of halogens is 4. The van der Waals surface area contributed by atoms with Crippen LogP contribution in [0.3, 0.4) is 0 Å². The van der Waals surface area contributed by atoms with E-state index in [9.17, 15) is 22.4 Å². The molecule has 2 fully saturated rings. The molecule has 2 saturated carbocycles. The van der Waals surface area contributed by atoms with Crippen LogP contribution in [-0.2, 0) is 0 Å². The van der Waals surface area contributed by atoms with Crippen LogP contribution >= 0.6 is 0 Å². The lowest BCUT2D eigenvalue weighted by Crippen LogP contribution is -2.27. The molecular weight excluding hydrogens is 450 g/mol. The van der Waals surface area contributed by atoms with Crippen molar-refractivity contribution in [1.29, 1.82) is 0 Å². The lowest BCUT2D eigenvalue weighted by atomic mass is 9.81. The molecule has 0 bridgehead atoms. The quantitative estimate of drug-likeness (QED) is 0.515. The highest BCUT2D eigenvalue weighted by Gasteiger charge is 2.39. The first-order chi connectivity index (χ1) is 16.0. The van der Waals surface area contributed by atoms with Gasteiger partial charge in [0.1, 0.15) is 12.2 Å². The molecule has 2 aromatic heterocycles. The van der Waals surface area contributed by atoms with Crippen molar-refractivity contribution in [3.8, 4) is 0 Å². The molecule has 0 radical (unpaired) electrons. The number of nitrogens with zero attached hydrogens (tertiary/aromatic N) is 4. The van der Waals surface area contributed by atoms with Crippen LogP contribution in [0.4, 0.5) is 23.2 Å². The third-order valence-electron chi connectivity index (χ3n) is 6.80. The monoisotopic (exact) mass is 479 g/mol. The van der Waals surface area contributed by atoms with Crippen molar-refractivity contribution < 1.29 is 22.4 Å². The van der Waals surface area contributed by atoms with Crippen LogP contribution in [0, 0.1) is 0 Å². The number of carbonyl (C=O) groups is 1. The molecule has 2 aliphatic carbocycles. The zero-order valence-corrected chi connectivity index (χ0v) is 19.3. The summed E-state index contributed by atoms with van der Waals surface area (Å²) in [5, 5.41) is 2.86. The molecule has 2 heterocycles. The van der Waals surface area contributed by atoms with Crippen molar-refractivity contribution in [2.75, 3.05) is 5.32 Å².